The number of furan rings is 1. The second-order valence-electron chi connectivity index (χ2n) is 10.6. The SMILES string of the molecule is O=C(CC1CCC(CCN2CCN(c3nsc4ccccc34)CC2)CC1)OCc1cc2ccccc2o1. The van der Waals surface area contributed by atoms with Crippen LogP contribution in [0.15, 0.2) is 59.0 Å². The predicted octanol–water partition coefficient (Wildman–Crippen LogP) is 6.49. The van der Waals surface area contributed by atoms with Crippen LogP contribution in [0.1, 0.15) is 44.3 Å². The van der Waals surface area contributed by atoms with Gasteiger partial charge >= 0.3 is 5.97 Å². The van der Waals surface area contributed by atoms with Crippen LogP contribution in [0.2, 0.25) is 0 Å². The van der Waals surface area contributed by atoms with Gasteiger partial charge in [-0.1, -0.05) is 43.2 Å². The van der Waals surface area contributed by atoms with Crippen molar-refractivity contribution in [2.24, 2.45) is 11.8 Å². The molecule has 0 radical (unpaired) electrons. The Balaban J connectivity index is 0.881. The molecule has 1 saturated heterocycles. The second-order valence-corrected chi connectivity index (χ2v) is 11.4. The smallest absolute Gasteiger partial charge is 0.306 e. The molecule has 1 saturated carbocycles. The number of piperazine rings is 1. The van der Waals surface area contributed by atoms with Crippen molar-refractivity contribution < 1.29 is 13.9 Å². The maximum absolute atomic E-state index is 12.4. The van der Waals surface area contributed by atoms with Gasteiger partial charge in [-0.3, -0.25) is 9.69 Å². The van der Waals surface area contributed by atoms with Crippen LogP contribution in [0, 0.1) is 11.8 Å². The highest BCUT2D eigenvalue weighted by atomic mass is 32.1. The molecule has 0 amide bonds. The Morgan fingerprint density at radius 1 is 0.973 bits per heavy atom. The first-order valence-electron chi connectivity index (χ1n) is 13.7. The lowest BCUT2D eigenvalue weighted by molar-refractivity contribution is -0.147. The fraction of sp³-hybridized carbons (Fsp3) is 0.467. The number of anilines is 1. The molecule has 6 rings (SSSR count). The monoisotopic (exact) mass is 517 g/mol. The molecular weight excluding hydrogens is 482 g/mol. The first-order valence-corrected chi connectivity index (χ1v) is 14.4. The minimum absolute atomic E-state index is 0.102. The average Bonchev–Trinajstić information content (AvgIpc) is 3.56. The van der Waals surface area contributed by atoms with Gasteiger partial charge in [0, 0.05) is 43.4 Å². The van der Waals surface area contributed by atoms with Crippen LogP contribution >= 0.6 is 11.5 Å². The number of esters is 1. The molecule has 2 aromatic carbocycles. The summed E-state index contributed by atoms with van der Waals surface area (Å²) in [6.45, 7) is 5.72. The summed E-state index contributed by atoms with van der Waals surface area (Å²) in [5, 5.41) is 2.33. The van der Waals surface area contributed by atoms with E-state index in [4.69, 9.17) is 13.5 Å². The first kappa shape index (κ1) is 24.4. The lowest BCUT2D eigenvalue weighted by atomic mass is 9.79. The number of fused-ring (bicyclic) bond motifs is 2. The van der Waals surface area contributed by atoms with Crippen LogP contribution in [-0.4, -0.2) is 48.0 Å². The van der Waals surface area contributed by atoms with Gasteiger partial charge in [0.2, 0.25) is 0 Å². The van der Waals surface area contributed by atoms with Gasteiger partial charge in [-0.25, -0.2) is 0 Å². The molecule has 37 heavy (non-hydrogen) atoms. The quantitative estimate of drug-likeness (QED) is 0.249. The molecule has 1 aliphatic heterocycles. The van der Waals surface area contributed by atoms with E-state index in [2.05, 4.69) is 34.1 Å². The van der Waals surface area contributed by atoms with E-state index in [1.807, 2.05) is 30.3 Å². The highest BCUT2D eigenvalue weighted by Gasteiger charge is 2.25. The molecule has 194 valence electrons. The predicted molar refractivity (Wildman–Crippen MR) is 149 cm³/mol. The van der Waals surface area contributed by atoms with Gasteiger partial charge in [0.1, 0.15) is 23.8 Å². The molecule has 4 aromatic rings. The third kappa shape index (κ3) is 5.83. The summed E-state index contributed by atoms with van der Waals surface area (Å²) in [6.07, 6.45) is 6.52. The minimum Gasteiger partial charge on any atom is -0.457 e. The van der Waals surface area contributed by atoms with E-state index in [0.29, 0.717) is 18.1 Å². The van der Waals surface area contributed by atoms with Gasteiger partial charge in [-0.05, 0) is 73.4 Å². The molecule has 2 fully saturated rings. The highest BCUT2D eigenvalue weighted by Crippen LogP contribution is 2.34. The van der Waals surface area contributed by atoms with Crippen molar-refractivity contribution in [3.8, 4) is 0 Å². The maximum atomic E-state index is 12.4. The van der Waals surface area contributed by atoms with E-state index in [1.165, 1.54) is 35.9 Å². The number of benzene rings is 2. The zero-order valence-corrected chi connectivity index (χ0v) is 22.1. The van der Waals surface area contributed by atoms with Gasteiger partial charge in [0.25, 0.3) is 0 Å². The fourth-order valence-electron chi connectivity index (χ4n) is 5.93. The highest BCUT2D eigenvalue weighted by molar-refractivity contribution is 7.13. The number of carbonyl (C=O) groups excluding carboxylic acids is 1. The minimum atomic E-state index is -0.102. The Morgan fingerprint density at radius 2 is 1.73 bits per heavy atom. The van der Waals surface area contributed by atoms with Crippen molar-refractivity contribution in [2.75, 3.05) is 37.6 Å². The van der Waals surface area contributed by atoms with Gasteiger partial charge in [-0.2, -0.15) is 4.37 Å². The first-order chi connectivity index (χ1) is 18.2. The van der Waals surface area contributed by atoms with Crippen molar-refractivity contribution in [1.29, 1.82) is 0 Å². The van der Waals surface area contributed by atoms with Crippen LogP contribution in [0.5, 0.6) is 0 Å². The molecule has 2 aliphatic rings. The molecule has 0 spiro atoms. The molecule has 0 N–H and O–H groups in total. The molecular formula is C30H35N3O3S. The number of hydrogen-bond donors (Lipinski definition) is 0. The van der Waals surface area contributed by atoms with E-state index >= 15 is 0 Å². The van der Waals surface area contributed by atoms with Crippen molar-refractivity contribution >= 4 is 44.4 Å². The number of aromatic nitrogens is 1. The molecule has 0 atom stereocenters. The van der Waals surface area contributed by atoms with Crippen LogP contribution in [0.25, 0.3) is 21.1 Å². The second kappa shape index (κ2) is 11.2. The number of rotatable bonds is 8. The number of carbonyl (C=O) groups is 1. The van der Waals surface area contributed by atoms with Crippen LogP contribution < -0.4 is 4.90 Å². The van der Waals surface area contributed by atoms with Crippen molar-refractivity contribution in [1.82, 2.24) is 9.27 Å². The summed E-state index contributed by atoms with van der Waals surface area (Å²) in [6, 6.07) is 18.4. The number of hydrogen-bond acceptors (Lipinski definition) is 7. The van der Waals surface area contributed by atoms with Crippen molar-refractivity contribution in [3.63, 3.8) is 0 Å². The van der Waals surface area contributed by atoms with Crippen LogP contribution in [0.3, 0.4) is 0 Å². The number of nitrogens with zero attached hydrogens (tertiary/aromatic N) is 3. The van der Waals surface area contributed by atoms with E-state index in [1.54, 1.807) is 11.5 Å². The van der Waals surface area contributed by atoms with Gasteiger partial charge in [-0.15, -0.1) is 0 Å². The third-order valence-corrected chi connectivity index (χ3v) is 8.97. The number of ether oxygens (including phenoxy) is 1. The summed E-state index contributed by atoms with van der Waals surface area (Å²) < 4.78 is 17.3. The summed E-state index contributed by atoms with van der Waals surface area (Å²) >= 11 is 1.60. The summed E-state index contributed by atoms with van der Waals surface area (Å²) in [5.74, 6) is 3.00. The molecule has 0 bridgehead atoms. The van der Waals surface area contributed by atoms with Crippen molar-refractivity contribution in [3.05, 3.63) is 60.4 Å². The summed E-state index contributed by atoms with van der Waals surface area (Å²) in [4.78, 5) is 17.5. The Bertz CT molecular complexity index is 1300. The van der Waals surface area contributed by atoms with Crippen molar-refractivity contribution in [2.45, 2.75) is 45.1 Å². The van der Waals surface area contributed by atoms with E-state index < -0.39 is 0 Å². The Kier molecular flexibility index (Phi) is 7.42. The summed E-state index contributed by atoms with van der Waals surface area (Å²) in [7, 11) is 0. The zero-order valence-electron chi connectivity index (χ0n) is 21.3. The molecule has 7 heteroatoms. The molecule has 3 heterocycles. The fourth-order valence-corrected chi connectivity index (χ4v) is 6.72. The third-order valence-electron chi connectivity index (χ3n) is 8.16. The Labute approximate surface area is 222 Å². The van der Waals surface area contributed by atoms with Gasteiger partial charge < -0.3 is 14.1 Å². The van der Waals surface area contributed by atoms with E-state index in [-0.39, 0.29) is 12.6 Å². The standard InChI is InChI=1S/C30H35N3O3S/c34-29(35-21-25-20-24-5-1-3-7-27(24)36-25)19-23-11-9-22(10-12-23)13-14-32-15-17-33(18-16-32)30-26-6-2-4-8-28(26)37-31-30/h1-8,20,22-23H,9-19,21H2. The van der Waals surface area contributed by atoms with Crippen LogP contribution in [-0.2, 0) is 16.1 Å². The normalized spacial score (nSPS) is 21.0. The van der Waals surface area contributed by atoms with E-state index in [0.717, 1.165) is 61.7 Å². The molecule has 6 nitrogen and oxygen atoms in total. The molecule has 0 unspecified atom stereocenters. The van der Waals surface area contributed by atoms with E-state index in [9.17, 15) is 4.79 Å². The van der Waals surface area contributed by atoms with Crippen LogP contribution in [0.4, 0.5) is 5.82 Å². The lowest BCUT2D eigenvalue weighted by Gasteiger charge is -2.36. The topological polar surface area (TPSA) is 58.8 Å². The Morgan fingerprint density at radius 3 is 2.57 bits per heavy atom. The lowest BCUT2D eigenvalue weighted by Crippen LogP contribution is -2.47. The van der Waals surface area contributed by atoms with Gasteiger partial charge in [0.05, 0.1) is 4.70 Å². The Hall–Kier alpha value is -2.90. The number of para-hydroxylation sites is 1. The summed E-state index contributed by atoms with van der Waals surface area (Å²) in [5.41, 5.74) is 0.835. The average molecular weight is 518 g/mol. The largest absolute Gasteiger partial charge is 0.457 e. The zero-order chi connectivity index (χ0) is 25.0. The maximum Gasteiger partial charge on any atom is 0.306 e. The van der Waals surface area contributed by atoms with Gasteiger partial charge in [0.15, 0.2) is 0 Å². The molecule has 1 aliphatic carbocycles. The molecule has 2 aromatic heterocycles.